The van der Waals surface area contributed by atoms with Crippen molar-refractivity contribution < 1.29 is 18.6 Å². The fraction of sp³-hybridized carbons (Fsp3) is 0.708. The lowest BCUT2D eigenvalue weighted by Gasteiger charge is -2.53. The SMILES string of the molecule is CC1NC2C(c3ccc(Cl)cc3F)NC(C3CCOC(C4C[N+](C)([O-])CN4)C3)CN2C(=O)C1C. The van der Waals surface area contributed by atoms with Crippen molar-refractivity contribution in [2.75, 3.05) is 33.4 Å². The van der Waals surface area contributed by atoms with E-state index in [1.54, 1.807) is 19.2 Å². The summed E-state index contributed by atoms with van der Waals surface area (Å²) in [5, 5.41) is 23.3. The summed E-state index contributed by atoms with van der Waals surface area (Å²) in [6.07, 6.45) is 1.26. The zero-order valence-electron chi connectivity index (χ0n) is 20.0. The first-order chi connectivity index (χ1) is 16.1. The van der Waals surface area contributed by atoms with E-state index in [4.69, 9.17) is 16.3 Å². The third-order valence-corrected chi connectivity index (χ3v) is 8.47. The largest absolute Gasteiger partial charge is 0.632 e. The Hall–Kier alpha value is -1.33. The maximum Gasteiger partial charge on any atom is 0.228 e. The molecule has 5 rings (SSSR count). The maximum atomic E-state index is 15.1. The van der Waals surface area contributed by atoms with Crippen LogP contribution in [-0.4, -0.2) is 79.3 Å². The van der Waals surface area contributed by atoms with E-state index in [2.05, 4.69) is 16.0 Å². The van der Waals surface area contributed by atoms with E-state index in [0.29, 0.717) is 37.0 Å². The smallest absolute Gasteiger partial charge is 0.228 e. The first kappa shape index (κ1) is 24.4. The normalized spacial score (nSPS) is 43.1. The number of halogens is 2. The molecule has 4 heterocycles. The number of hydroxylamine groups is 3. The molecule has 4 saturated heterocycles. The number of quaternary nitrogens is 1. The lowest BCUT2D eigenvalue weighted by atomic mass is 9.82. The quantitative estimate of drug-likeness (QED) is 0.439. The second-order valence-corrected chi connectivity index (χ2v) is 11.2. The third kappa shape index (κ3) is 4.59. The molecule has 1 aromatic rings. The van der Waals surface area contributed by atoms with Gasteiger partial charge in [-0.05, 0) is 37.8 Å². The highest BCUT2D eigenvalue weighted by Gasteiger charge is 2.48. The first-order valence-electron chi connectivity index (χ1n) is 12.3. The summed E-state index contributed by atoms with van der Waals surface area (Å²) in [4.78, 5) is 15.2. The first-order valence-corrected chi connectivity index (χ1v) is 12.7. The molecule has 3 N–H and O–H groups in total. The van der Waals surface area contributed by atoms with Crippen LogP contribution in [0.5, 0.6) is 0 Å². The summed E-state index contributed by atoms with van der Waals surface area (Å²) in [6.45, 7) is 5.99. The van der Waals surface area contributed by atoms with E-state index < -0.39 is 6.04 Å². The molecule has 0 bridgehead atoms. The van der Waals surface area contributed by atoms with Crippen LogP contribution in [0.2, 0.25) is 5.02 Å². The van der Waals surface area contributed by atoms with Crippen LogP contribution in [0.3, 0.4) is 0 Å². The molecule has 1 aromatic carbocycles. The van der Waals surface area contributed by atoms with Crippen molar-refractivity contribution in [3.8, 4) is 0 Å². The van der Waals surface area contributed by atoms with Crippen molar-refractivity contribution in [3.63, 3.8) is 0 Å². The second kappa shape index (κ2) is 9.28. The number of nitrogens with one attached hydrogen (secondary N) is 3. The molecule has 4 aliphatic rings. The van der Waals surface area contributed by atoms with Crippen molar-refractivity contribution in [3.05, 3.63) is 39.8 Å². The minimum absolute atomic E-state index is 0.00890. The summed E-state index contributed by atoms with van der Waals surface area (Å²) in [7, 11) is 1.68. The van der Waals surface area contributed by atoms with Gasteiger partial charge < -0.3 is 24.8 Å². The minimum atomic E-state index is -0.401. The van der Waals surface area contributed by atoms with Gasteiger partial charge in [0.15, 0.2) is 0 Å². The van der Waals surface area contributed by atoms with E-state index >= 15 is 4.39 Å². The number of amides is 1. The maximum absolute atomic E-state index is 15.1. The molecule has 0 radical (unpaired) electrons. The van der Waals surface area contributed by atoms with Crippen LogP contribution in [0, 0.1) is 22.9 Å². The Morgan fingerprint density at radius 3 is 2.76 bits per heavy atom. The Balaban J connectivity index is 1.40. The molecule has 0 saturated carbocycles. The van der Waals surface area contributed by atoms with Gasteiger partial charge in [-0.1, -0.05) is 24.6 Å². The number of hydrogen-bond acceptors (Lipinski definition) is 6. The number of carbonyl (C=O) groups excluding carboxylic acids is 1. The van der Waals surface area contributed by atoms with Gasteiger partial charge in [-0.2, -0.15) is 0 Å². The monoisotopic (exact) mass is 495 g/mol. The number of piperazine rings is 1. The van der Waals surface area contributed by atoms with E-state index in [1.165, 1.54) is 6.07 Å². The van der Waals surface area contributed by atoms with Crippen molar-refractivity contribution in [1.29, 1.82) is 0 Å². The second-order valence-electron chi connectivity index (χ2n) is 10.7. The van der Waals surface area contributed by atoms with E-state index in [-0.39, 0.29) is 58.6 Å². The van der Waals surface area contributed by atoms with Crippen LogP contribution in [-0.2, 0) is 9.53 Å². The molecule has 4 aliphatic heterocycles. The van der Waals surface area contributed by atoms with E-state index in [9.17, 15) is 10.0 Å². The minimum Gasteiger partial charge on any atom is -0.632 e. The van der Waals surface area contributed by atoms with Crippen LogP contribution >= 0.6 is 11.6 Å². The summed E-state index contributed by atoms with van der Waals surface area (Å²) in [6, 6.07) is 4.34. The van der Waals surface area contributed by atoms with Crippen LogP contribution in [0.25, 0.3) is 0 Å². The van der Waals surface area contributed by atoms with Gasteiger partial charge in [-0.25, -0.2) is 4.39 Å². The Morgan fingerprint density at radius 1 is 1.26 bits per heavy atom. The number of nitrogens with zero attached hydrogens (tertiary/aromatic N) is 2. The van der Waals surface area contributed by atoms with Gasteiger partial charge in [0, 0.05) is 35.8 Å². The molecule has 4 fully saturated rings. The number of ether oxygens (including phenoxy) is 1. The van der Waals surface area contributed by atoms with Crippen molar-refractivity contribution in [2.24, 2.45) is 11.8 Å². The lowest BCUT2D eigenvalue weighted by Crippen LogP contribution is -2.72. The predicted molar refractivity (Wildman–Crippen MR) is 127 cm³/mol. The Bertz CT molecular complexity index is 936. The fourth-order valence-electron chi connectivity index (χ4n) is 6.09. The van der Waals surface area contributed by atoms with Crippen LogP contribution in [0.4, 0.5) is 4.39 Å². The molecule has 0 aliphatic carbocycles. The van der Waals surface area contributed by atoms with Crippen LogP contribution in [0.15, 0.2) is 18.2 Å². The zero-order chi connectivity index (χ0) is 24.2. The highest BCUT2D eigenvalue weighted by atomic mass is 35.5. The molecular formula is C24H35ClFN5O3. The van der Waals surface area contributed by atoms with E-state index in [0.717, 1.165) is 12.8 Å². The lowest BCUT2D eigenvalue weighted by molar-refractivity contribution is -0.849. The van der Waals surface area contributed by atoms with Gasteiger partial charge >= 0.3 is 0 Å². The highest BCUT2D eigenvalue weighted by molar-refractivity contribution is 6.30. The molecule has 9 atom stereocenters. The number of rotatable bonds is 3. The summed E-state index contributed by atoms with van der Waals surface area (Å²) in [5.41, 5.74) is 0.506. The van der Waals surface area contributed by atoms with Gasteiger partial charge in [0.05, 0.1) is 37.7 Å². The van der Waals surface area contributed by atoms with Crippen LogP contribution in [0.1, 0.15) is 38.3 Å². The number of likely N-dealkylation sites (N-methyl/N-ethyl adjacent to an activating group) is 1. The standard InChI is InChI=1S/C24H35ClFN5O3/c1-13-14(2)28-23-22(17-5-4-16(25)9-18(17)26)29-19(10-30(23)24(13)32)15-6-7-34-21(8-15)20-11-31(3,33)12-27-20/h4-5,9,13-15,19-23,27-29H,6-8,10-12H2,1-3H3. The van der Waals surface area contributed by atoms with Crippen molar-refractivity contribution in [1.82, 2.24) is 20.9 Å². The number of carbonyl (C=O) groups is 1. The highest BCUT2D eigenvalue weighted by Crippen LogP contribution is 2.36. The molecule has 34 heavy (non-hydrogen) atoms. The van der Waals surface area contributed by atoms with Gasteiger partial charge in [0.25, 0.3) is 0 Å². The number of fused-ring (bicyclic) bond motifs is 1. The Kier molecular flexibility index (Phi) is 6.65. The van der Waals surface area contributed by atoms with Gasteiger partial charge in [-0.3, -0.25) is 15.4 Å². The number of hydrogen-bond donors (Lipinski definition) is 3. The zero-order valence-corrected chi connectivity index (χ0v) is 20.7. The molecule has 0 spiro atoms. The Morgan fingerprint density at radius 2 is 2.06 bits per heavy atom. The predicted octanol–water partition coefficient (Wildman–Crippen LogP) is 1.94. The molecule has 9 unspecified atom stereocenters. The molecule has 188 valence electrons. The van der Waals surface area contributed by atoms with Gasteiger partial charge in [0.1, 0.15) is 18.7 Å². The van der Waals surface area contributed by atoms with Crippen molar-refractivity contribution >= 4 is 17.5 Å². The average molecular weight is 496 g/mol. The molecule has 1 amide bonds. The van der Waals surface area contributed by atoms with Crippen molar-refractivity contribution in [2.45, 2.75) is 63.1 Å². The van der Waals surface area contributed by atoms with Gasteiger partial charge in [0.2, 0.25) is 5.91 Å². The summed E-state index contributed by atoms with van der Waals surface area (Å²) in [5.74, 6) is -0.183. The molecular weight excluding hydrogens is 461 g/mol. The summed E-state index contributed by atoms with van der Waals surface area (Å²) < 4.78 is 20.8. The molecule has 8 nitrogen and oxygen atoms in total. The fourth-order valence-corrected chi connectivity index (χ4v) is 6.25. The summed E-state index contributed by atoms with van der Waals surface area (Å²) >= 11 is 6.02. The van der Waals surface area contributed by atoms with Gasteiger partial charge in [-0.15, -0.1) is 0 Å². The average Bonchev–Trinajstić information content (AvgIpc) is 3.17. The van der Waals surface area contributed by atoms with Crippen LogP contribution < -0.4 is 16.0 Å². The molecule has 10 heteroatoms. The third-order valence-electron chi connectivity index (χ3n) is 8.24. The number of benzene rings is 1. The van der Waals surface area contributed by atoms with E-state index in [1.807, 2.05) is 18.7 Å². The molecule has 0 aromatic heterocycles. The topological polar surface area (TPSA) is 88.7 Å². The Labute approximate surface area is 205 Å².